The number of anilines is 1. The first-order valence-corrected chi connectivity index (χ1v) is 7.98. The van der Waals surface area contributed by atoms with E-state index in [9.17, 15) is 9.90 Å². The predicted octanol–water partition coefficient (Wildman–Crippen LogP) is 3.40. The number of β-amino-alcohol motifs (C(OH)–C–C–N with tert-alkyl or cyclic N) is 1. The van der Waals surface area contributed by atoms with E-state index in [1.54, 1.807) is 16.2 Å². The first-order chi connectivity index (χ1) is 10.2. The van der Waals surface area contributed by atoms with Gasteiger partial charge in [-0.15, -0.1) is 11.3 Å². The molecule has 1 aliphatic heterocycles. The summed E-state index contributed by atoms with van der Waals surface area (Å²) in [5.74, 6) is 0. The maximum absolute atomic E-state index is 12.2. The number of nitrogens with zero attached hydrogens (tertiary/aromatic N) is 1. The van der Waals surface area contributed by atoms with Crippen LogP contribution in [-0.4, -0.2) is 35.2 Å². The molecule has 2 N–H and O–H groups in total. The molecule has 2 aromatic rings. The number of aliphatic hydroxyl groups excluding tert-OH is 1. The molecule has 1 aromatic carbocycles. The maximum Gasteiger partial charge on any atom is 0.321 e. The zero-order valence-electron chi connectivity index (χ0n) is 11.7. The molecule has 1 aromatic heterocycles. The smallest absolute Gasteiger partial charge is 0.321 e. The summed E-state index contributed by atoms with van der Waals surface area (Å²) in [5, 5.41) is 14.6. The fraction of sp³-hybridized carbons (Fsp3) is 0.312. The molecule has 0 saturated carbocycles. The van der Waals surface area contributed by atoms with Gasteiger partial charge in [0.15, 0.2) is 0 Å². The highest BCUT2D eigenvalue weighted by molar-refractivity contribution is 7.13. The first-order valence-electron chi connectivity index (χ1n) is 7.10. The number of rotatable bonds is 2. The zero-order chi connectivity index (χ0) is 14.7. The lowest BCUT2D eigenvalue weighted by Crippen LogP contribution is -2.44. The van der Waals surface area contributed by atoms with E-state index in [4.69, 9.17) is 0 Å². The predicted molar refractivity (Wildman–Crippen MR) is 85.6 cm³/mol. The van der Waals surface area contributed by atoms with Gasteiger partial charge in [0.05, 0.1) is 6.10 Å². The summed E-state index contributed by atoms with van der Waals surface area (Å²) in [6.45, 7) is 1.12. The SMILES string of the molecule is O=C(Nc1cccc(-c2cccs2)c1)N1CCCC(O)C1. The molecule has 1 unspecified atom stereocenters. The fourth-order valence-corrected chi connectivity index (χ4v) is 3.26. The molecule has 1 aliphatic rings. The topological polar surface area (TPSA) is 52.6 Å². The number of piperidine rings is 1. The van der Waals surface area contributed by atoms with E-state index in [0.717, 1.165) is 24.1 Å². The Morgan fingerprint density at radius 2 is 2.24 bits per heavy atom. The number of nitrogens with one attached hydrogen (secondary N) is 1. The largest absolute Gasteiger partial charge is 0.391 e. The minimum absolute atomic E-state index is 0.142. The third-order valence-electron chi connectivity index (χ3n) is 3.60. The number of benzene rings is 1. The van der Waals surface area contributed by atoms with Gasteiger partial charge >= 0.3 is 6.03 Å². The Balaban J connectivity index is 1.70. The Hall–Kier alpha value is -1.85. The highest BCUT2D eigenvalue weighted by atomic mass is 32.1. The van der Waals surface area contributed by atoms with Gasteiger partial charge in [-0.3, -0.25) is 0 Å². The van der Waals surface area contributed by atoms with Gasteiger partial charge in [0.2, 0.25) is 0 Å². The Bertz CT molecular complexity index is 612. The van der Waals surface area contributed by atoms with E-state index in [1.807, 2.05) is 35.7 Å². The second-order valence-electron chi connectivity index (χ2n) is 5.23. The van der Waals surface area contributed by atoms with Gasteiger partial charge in [-0.25, -0.2) is 4.79 Å². The molecule has 4 nitrogen and oxygen atoms in total. The van der Waals surface area contributed by atoms with Crippen LogP contribution in [-0.2, 0) is 0 Å². The van der Waals surface area contributed by atoms with Crippen LogP contribution in [0.1, 0.15) is 12.8 Å². The number of likely N-dealkylation sites (tertiary alicyclic amines) is 1. The molecule has 5 heteroatoms. The molecular formula is C16H18N2O2S. The van der Waals surface area contributed by atoms with Crippen molar-refractivity contribution in [3.8, 4) is 10.4 Å². The summed E-state index contributed by atoms with van der Waals surface area (Å²) in [5.41, 5.74) is 1.88. The average Bonchev–Trinajstić information content (AvgIpc) is 3.02. The van der Waals surface area contributed by atoms with Crippen LogP contribution >= 0.6 is 11.3 Å². The van der Waals surface area contributed by atoms with E-state index in [1.165, 1.54) is 4.88 Å². The van der Waals surface area contributed by atoms with Gasteiger partial charge in [0, 0.05) is 23.7 Å². The monoisotopic (exact) mass is 302 g/mol. The second kappa shape index (κ2) is 6.28. The van der Waals surface area contributed by atoms with Gasteiger partial charge < -0.3 is 15.3 Å². The van der Waals surface area contributed by atoms with Crippen LogP contribution in [0.3, 0.4) is 0 Å². The quantitative estimate of drug-likeness (QED) is 0.893. The molecule has 2 amide bonds. The van der Waals surface area contributed by atoms with Crippen LogP contribution in [0.15, 0.2) is 41.8 Å². The van der Waals surface area contributed by atoms with Crippen molar-refractivity contribution >= 4 is 23.1 Å². The van der Waals surface area contributed by atoms with Crippen LogP contribution in [0.5, 0.6) is 0 Å². The van der Waals surface area contributed by atoms with Crippen molar-refractivity contribution in [2.45, 2.75) is 18.9 Å². The average molecular weight is 302 g/mol. The van der Waals surface area contributed by atoms with Crippen molar-refractivity contribution in [2.75, 3.05) is 18.4 Å². The number of hydrogen-bond donors (Lipinski definition) is 2. The van der Waals surface area contributed by atoms with Gasteiger partial charge in [0.25, 0.3) is 0 Å². The third-order valence-corrected chi connectivity index (χ3v) is 4.52. The lowest BCUT2D eigenvalue weighted by molar-refractivity contribution is 0.0883. The lowest BCUT2D eigenvalue weighted by atomic mass is 10.1. The Labute approximate surface area is 128 Å². The van der Waals surface area contributed by atoms with Crippen LogP contribution in [0.2, 0.25) is 0 Å². The van der Waals surface area contributed by atoms with Gasteiger partial charge in [-0.2, -0.15) is 0 Å². The van der Waals surface area contributed by atoms with Gasteiger partial charge in [-0.1, -0.05) is 18.2 Å². The lowest BCUT2D eigenvalue weighted by Gasteiger charge is -2.30. The summed E-state index contributed by atoms with van der Waals surface area (Å²) >= 11 is 1.68. The number of carbonyl (C=O) groups excluding carboxylic acids is 1. The molecule has 1 saturated heterocycles. The highest BCUT2D eigenvalue weighted by Crippen LogP contribution is 2.27. The van der Waals surface area contributed by atoms with Crippen molar-refractivity contribution in [3.63, 3.8) is 0 Å². The molecule has 21 heavy (non-hydrogen) atoms. The molecule has 1 fully saturated rings. The van der Waals surface area contributed by atoms with Crippen LogP contribution < -0.4 is 5.32 Å². The van der Waals surface area contributed by atoms with Crippen molar-refractivity contribution in [1.82, 2.24) is 4.90 Å². The van der Waals surface area contributed by atoms with Gasteiger partial charge in [-0.05, 0) is 42.0 Å². The molecule has 0 spiro atoms. The number of aliphatic hydroxyl groups is 1. The zero-order valence-corrected chi connectivity index (χ0v) is 12.5. The highest BCUT2D eigenvalue weighted by Gasteiger charge is 2.21. The molecule has 0 aliphatic carbocycles. The van der Waals surface area contributed by atoms with Crippen LogP contribution in [0.25, 0.3) is 10.4 Å². The number of thiophene rings is 1. The summed E-state index contributed by atoms with van der Waals surface area (Å²) in [4.78, 5) is 15.1. The first kappa shape index (κ1) is 14.1. The van der Waals surface area contributed by atoms with Crippen LogP contribution in [0.4, 0.5) is 10.5 Å². The minimum Gasteiger partial charge on any atom is -0.391 e. The second-order valence-corrected chi connectivity index (χ2v) is 6.18. The molecule has 110 valence electrons. The summed E-state index contributed by atoms with van der Waals surface area (Å²) < 4.78 is 0. The van der Waals surface area contributed by atoms with E-state index in [2.05, 4.69) is 11.4 Å². The number of urea groups is 1. The van der Waals surface area contributed by atoms with Crippen molar-refractivity contribution in [1.29, 1.82) is 0 Å². The number of carbonyl (C=O) groups is 1. The standard InChI is InChI=1S/C16H18N2O2S/c19-14-6-2-8-18(11-14)16(20)17-13-5-1-4-12(10-13)15-7-3-9-21-15/h1,3-5,7,9-10,14,19H,2,6,8,11H2,(H,17,20). The third kappa shape index (κ3) is 3.43. The Morgan fingerprint density at radius 1 is 1.33 bits per heavy atom. The van der Waals surface area contributed by atoms with Crippen molar-refractivity contribution in [3.05, 3.63) is 41.8 Å². The van der Waals surface area contributed by atoms with Crippen molar-refractivity contribution in [2.24, 2.45) is 0 Å². The fourth-order valence-electron chi connectivity index (χ4n) is 2.53. The molecule has 0 bridgehead atoms. The van der Waals surface area contributed by atoms with E-state index in [-0.39, 0.29) is 6.03 Å². The minimum atomic E-state index is -0.401. The normalized spacial score (nSPS) is 18.5. The molecule has 3 rings (SSSR count). The van der Waals surface area contributed by atoms with E-state index < -0.39 is 6.10 Å². The van der Waals surface area contributed by atoms with Gasteiger partial charge in [0.1, 0.15) is 0 Å². The molecule has 1 atom stereocenters. The maximum atomic E-state index is 12.2. The summed E-state index contributed by atoms with van der Waals surface area (Å²) in [6, 6.07) is 11.8. The summed E-state index contributed by atoms with van der Waals surface area (Å²) in [7, 11) is 0. The number of hydrogen-bond acceptors (Lipinski definition) is 3. The molecule has 2 heterocycles. The Morgan fingerprint density at radius 3 is 3.00 bits per heavy atom. The van der Waals surface area contributed by atoms with Crippen molar-refractivity contribution < 1.29 is 9.90 Å². The van der Waals surface area contributed by atoms with Crippen LogP contribution in [0, 0.1) is 0 Å². The number of amides is 2. The van der Waals surface area contributed by atoms with E-state index >= 15 is 0 Å². The van der Waals surface area contributed by atoms with E-state index in [0.29, 0.717) is 13.1 Å². The molecular weight excluding hydrogens is 284 g/mol. The summed E-state index contributed by atoms with van der Waals surface area (Å²) in [6.07, 6.45) is 1.23. The Kier molecular flexibility index (Phi) is 4.22. The molecule has 0 radical (unpaired) electrons.